The highest BCUT2D eigenvalue weighted by atomic mass is 35.5. The number of benzene rings is 3. The Hall–Kier alpha value is -3.18. The van der Waals surface area contributed by atoms with E-state index in [0.717, 1.165) is 40.0 Å². The van der Waals surface area contributed by atoms with Crippen molar-refractivity contribution in [3.05, 3.63) is 107 Å². The van der Waals surface area contributed by atoms with Crippen molar-refractivity contribution in [2.75, 3.05) is 6.54 Å². The second-order valence-electron chi connectivity index (χ2n) is 8.32. The molecule has 1 saturated heterocycles. The summed E-state index contributed by atoms with van der Waals surface area (Å²) in [7, 11) is 0. The Morgan fingerprint density at radius 1 is 1.00 bits per heavy atom. The van der Waals surface area contributed by atoms with Gasteiger partial charge in [0.1, 0.15) is 18.6 Å². The number of para-hydroxylation sites is 1. The van der Waals surface area contributed by atoms with Gasteiger partial charge in [-0.2, -0.15) is 0 Å². The maximum Gasteiger partial charge on any atom is 0.130 e. The van der Waals surface area contributed by atoms with Crippen molar-refractivity contribution < 1.29 is 9.84 Å². The largest absolute Gasteiger partial charge is 0.487 e. The van der Waals surface area contributed by atoms with Crippen molar-refractivity contribution >= 4 is 34.2 Å². The molecule has 0 amide bonds. The molecule has 5 rings (SSSR count). The van der Waals surface area contributed by atoms with Gasteiger partial charge in [0.25, 0.3) is 0 Å². The molecule has 33 heavy (non-hydrogen) atoms. The van der Waals surface area contributed by atoms with Crippen LogP contribution in [-0.4, -0.2) is 22.9 Å². The number of pyridine rings is 1. The molecule has 5 heteroatoms. The molecule has 0 aliphatic carbocycles. The average molecular weight is 457 g/mol. The summed E-state index contributed by atoms with van der Waals surface area (Å²) >= 11 is 6.05. The lowest BCUT2D eigenvalue weighted by Gasteiger charge is -2.16. The van der Waals surface area contributed by atoms with Gasteiger partial charge in [-0.25, -0.2) is 4.98 Å². The zero-order chi connectivity index (χ0) is 22.6. The predicted molar refractivity (Wildman–Crippen MR) is 134 cm³/mol. The molecule has 0 radical (unpaired) electrons. The topological polar surface area (TPSA) is 54.4 Å². The van der Waals surface area contributed by atoms with Crippen LogP contribution >= 0.6 is 11.6 Å². The highest BCUT2D eigenvalue weighted by Crippen LogP contribution is 2.33. The summed E-state index contributed by atoms with van der Waals surface area (Å²) in [5, 5.41) is 15.0. The number of aliphatic hydroxyl groups is 1. The third-order valence-corrected chi connectivity index (χ3v) is 6.22. The normalized spacial score (nSPS) is 18.5. The molecule has 3 aromatic carbocycles. The summed E-state index contributed by atoms with van der Waals surface area (Å²) < 4.78 is 6.00. The van der Waals surface area contributed by atoms with Gasteiger partial charge >= 0.3 is 0 Å². The summed E-state index contributed by atoms with van der Waals surface area (Å²) in [6.07, 6.45) is 2.39. The minimum atomic E-state index is -0.472. The van der Waals surface area contributed by atoms with E-state index in [1.54, 1.807) is 0 Å². The van der Waals surface area contributed by atoms with Gasteiger partial charge in [0.05, 0.1) is 11.2 Å². The van der Waals surface area contributed by atoms with E-state index >= 15 is 0 Å². The van der Waals surface area contributed by atoms with Crippen molar-refractivity contribution in [2.24, 2.45) is 5.92 Å². The van der Waals surface area contributed by atoms with Crippen LogP contribution in [0.15, 0.2) is 84.9 Å². The van der Waals surface area contributed by atoms with Crippen LogP contribution in [0.3, 0.4) is 0 Å². The zero-order valence-electron chi connectivity index (χ0n) is 18.1. The summed E-state index contributed by atoms with van der Waals surface area (Å²) in [6, 6.07) is 28.1. The molecule has 1 aliphatic rings. The number of fused-ring (bicyclic) bond motifs is 1. The molecule has 0 saturated carbocycles. The van der Waals surface area contributed by atoms with E-state index < -0.39 is 6.23 Å². The van der Waals surface area contributed by atoms with Gasteiger partial charge in [-0.1, -0.05) is 66.2 Å². The molecule has 1 aliphatic heterocycles. The summed E-state index contributed by atoms with van der Waals surface area (Å²) in [6.45, 7) is 1.16. The van der Waals surface area contributed by atoms with Gasteiger partial charge in [0, 0.05) is 22.9 Å². The first-order chi connectivity index (χ1) is 16.1. The Morgan fingerprint density at radius 3 is 2.55 bits per heavy atom. The molecule has 1 fully saturated rings. The fraction of sp³-hybridized carbons (Fsp3) is 0.179. The first-order valence-corrected chi connectivity index (χ1v) is 11.5. The quantitative estimate of drug-likeness (QED) is 0.353. The lowest BCUT2D eigenvalue weighted by Crippen LogP contribution is -2.19. The Morgan fingerprint density at radius 2 is 1.79 bits per heavy atom. The molecule has 2 unspecified atom stereocenters. The molecule has 0 spiro atoms. The van der Waals surface area contributed by atoms with E-state index in [0.29, 0.717) is 18.1 Å². The van der Waals surface area contributed by atoms with E-state index in [-0.39, 0.29) is 5.92 Å². The average Bonchev–Trinajstić information content (AvgIpc) is 3.28. The number of rotatable bonds is 6. The van der Waals surface area contributed by atoms with Crippen LogP contribution in [0, 0.1) is 5.92 Å². The highest BCUT2D eigenvalue weighted by molar-refractivity contribution is 6.30. The van der Waals surface area contributed by atoms with Gasteiger partial charge in [0.2, 0.25) is 0 Å². The van der Waals surface area contributed by atoms with Crippen LogP contribution in [0.2, 0.25) is 5.02 Å². The Balaban J connectivity index is 1.34. The van der Waals surface area contributed by atoms with Gasteiger partial charge in [-0.15, -0.1) is 0 Å². The van der Waals surface area contributed by atoms with Gasteiger partial charge in [0.15, 0.2) is 0 Å². The van der Waals surface area contributed by atoms with Crippen LogP contribution in [0.4, 0.5) is 0 Å². The molecule has 2 atom stereocenters. The minimum Gasteiger partial charge on any atom is -0.487 e. The molecular weight excluding hydrogens is 432 g/mol. The van der Waals surface area contributed by atoms with Crippen LogP contribution in [-0.2, 0) is 6.61 Å². The zero-order valence-corrected chi connectivity index (χ0v) is 18.9. The molecule has 0 bridgehead atoms. The number of hydrogen-bond acceptors (Lipinski definition) is 4. The van der Waals surface area contributed by atoms with Crippen molar-refractivity contribution in [1.29, 1.82) is 0 Å². The van der Waals surface area contributed by atoms with Crippen molar-refractivity contribution in [3.8, 4) is 5.75 Å². The lowest BCUT2D eigenvalue weighted by atomic mass is 9.89. The van der Waals surface area contributed by atoms with Crippen molar-refractivity contribution in [1.82, 2.24) is 10.3 Å². The smallest absolute Gasteiger partial charge is 0.130 e. The number of ether oxygens (including phenoxy) is 1. The number of halogens is 1. The van der Waals surface area contributed by atoms with E-state index in [4.69, 9.17) is 16.3 Å². The minimum absolute atomic E-state index is 0.226. The summed E-state index contributed by atoms with van der Waals surface area (Å²) in [5.41, 5.74) is 5.25. The molecule has 166 valence electrons. The number of nitrogens with zero attached hydrogens (tertiary/aromatic N) is 1. The fourth-order valence-electron chi connectivity index (χ4n) is 4.22. The standard InChI is InChI=1S/C28H25ClN2O2/c29-23-10-5-19(6-11-23)15-26(22-16-28(32)30-17-22)20-8-13-25(14-9-20)33-18-24-12-7-21-3-1-2-4-27(21)31-24/h1-15,22,28,30,32H,16-18H2/b26-15+. The maximum atomic E-state index is 10.0. The van der Waals surface area contributed by atoms with Crippen molar-refractivity contribution in [2.45, 2.75) is 19.3 Å². The summed E-state index contributed by atoms with van der Waals surface area (Å²) in [5.74, 6) is 1.02. The van der Waals surface area contributed by atoms with E-state index in [1.165, 1.54) is 5.57 Å². The monoisotopic (exact) mass is 456 g/mol. The van der Waals surface area contributed by atoms with Crippen molar-refractivity contribution in [3.63, 3.8) is 0 Å². The molecule has 4 aromatic rings. The van der Waals surface area contributed by atoms with E-state index in [9.17, 15) is 5.11 Å². The van der Waals surface area contributed by atoms with Crippen LogP contribution in [0.25, 0.3) is 22.6 Å². The summed E-state index contributed by atoms with van der Waals surface area (Å²) in [4.78, 5) is 4.67. The van der Waals surface area contributed by atoms with Crippen LogP contribution < -0.4 is 10.1 Å². The van der Waals surface area contributed by atoms with Gasteiger partial charge < -0.3 is 9.84 Å². The molecular formula is C28H25ClN2O2. The molecule has 4 nitrogen and oxygen atoms in total. The SMILES string of the molecule is OC1CC(/C(=C/c2ccc(Cl)cc2)c2ccc(OCc3ccc4ccccc4n3)cc2)CN1. The number of nitrogens with one attached hydrogen (secondary N) is 1. The van der Waals surface area contributed by atoms with Crippen LogP contribution in [0.5, 0.6) is 5.75 Å². The Kier molecular flexibility index (Phi) is 6.40. The number of aromatic nitrogens is 1. The second kappa shape index (κ2) is 9.75. The van der Waals surface area contributed by atoms with Gasteiger partial charge in [-0.3, -0.25) is 5.32 Å². The van der Waals surface area contributed by atoms with E-state index in [1.807, 2.05) is 60.7 Å². The van der Waals surface area contributed by atoms with E-state index in [2.05, 4.69) is 40.6 Å². The molecule has 1 aromatic heterocycles. The maximum absolute atomic E-state index is 10.0. The Bertz CT molecular complexity index is 1270. The number of hydrogen-bond donors (Lipinski definition) is 2. The number of aliphatic hydroxyl groups excluding tert-OH is 1. The Labute approximate surface area is 198 Å². The lowest BCUT2D eigenvalue weighted by molar-refractivity contribution is 0.158. The molecule has 2 N–H and O–H groups in total. The molecule has 2 heterocycles. The first-order valence-electron chi connectivity index (χ1n) is 11.1. The first kappa shape index (κ1) is 21.7. The predicted octanol–water partition coefficient (Wildman–Crippen LogP) is 5.94. The van der Waals surface area contributed by atoms with Gasteiger partial charge in [-0.05, 0) is 59.5 Å². The highest BCUT2D eigenvalue weighted by Gasteiger charge is 2.26. The van der Waals surface area contributed by atoms with Crippen LogP contribution in [0.1, 0.15) is 23.2 Å². The third kappa shape index (κ3) is 5.25. The third-order valence-electron chi connectivity index (χ3n) is 5.97. The second-order valence-corrected chi connectivity index (χ2v) is 8.75. The fourth-order valence-corrected chi connectivity index (χ4v) is 4.34.